The summed E-state index contributed by atoms with van der Waals surface area (Å²) in [5.41, 5.74) is 0. The lowest BCUT2D eigenvalue weighted by molar-refractivity contribution is 0.0520. The summed E-state index contributed by atoms with van der Waals surface area (Å²) < 4.78 is 4.66. The lowest BCUT2D eigenvalue weighted by Crippen LogP contribution is -2.12. The molecule has 3 nitrogen and oxygen atoms in total. The summed E-state index contributed by atoms with van der Waals surface area (Å²) in [7, 11) is 0. The standard InChI is InChI=1S/C17H33O3/c1-3-5-7-9-10-12-14-16(15-20-17(18)19)13-11-8-6-4-2/h16H,3-15H2,1-2H3. The third kappa shape index (κ3) is 13.7. The zero-order chi connectivity index (χ0) is 15.1. The van der Waals surface area contributed by atoms with E-state index in [1.807, 2.05) is 0 Å². The van der Waals surface area contributed by atoms with E-state index >= 15 is 0 Å². The molecule has 0 heterocycles. The number of hydrogen-bond acceptors (Lipinski definition) is 2. The van der Waals surface area contributed by atoms with Crippen molar-refractivity contribution in [3.05, 3.63) is 0 Å². The van der Waals surface area contributed by atoms with Crippen molar-refractivity contribution in [1.82, 2.24) is 0 Å². The Morgan fingerprint density at radius 1 is 0.800 bits per heavy atom. The lowest BCUT2D eigenvalue weighted by Gasteiger charge is -2.15. The first-order valence-corrected chi connectivity index (χ1v) is 8.54. The van der Waals surface area contributed by atoms with Gasteiger partial charge in [-0.2, -0.15) is 9.90 Å². The molecule has 20 heavy (non-hydrogen) atoms. The lowest BCUT2D eigenvalue weighted by atomic mass is 9.95. The SMILES string of the molecule is CCCCCCCCC(CCCCCC)COC([O])=O. The van der Waals surface area contributed by atoms with Gasteiger partial charge in [0.1, 0.15) is 0 Å². The Morgan fingerprint density at radius 3 is 1.75 bits per heavy atom. The molecule has 0 aromatic rings. The Balaban J connectivity index is 3.71. The molecule has 1 unspecified atom stereocenters. The maximum atomic E-state index is 10.4. The summed E-state index contributed by atoms with van der Waals surface area (Å²) >= 11 is 0. The highest BCUT2D eigenvalue weighted by Gasteiger charge is 2.11. The van der Waals surface area contributed by atoms with Crippen LogP contribution in [-0.4, -0.2) is 12.8 Å². The Labute approximate surface area is 125 Å². The van der Waals surface area contributed by atoms with Gasteiger partial charge in [-0.25, -0.2) is 0 Å². The van der Waals surface area contributed by atoms with Crippen molar-refractivity contribution in [3.8, 4) is 0 Å². The molecule has 0 bridgehead atoms. The van der Waals surface area contributed by atoms with Gasteiger partial charge in [0.2, 0.25) is 0 Å². The maximum Gasteiger partial charge on any atom is 0.550 e. The van der Waals surface area contributed by atoms with Gasteiger partial charge in [-0.3, -0.25) is 0 Å². The van der Waals surface area contributed by atoms with Crippen LogP contribution >= 0.6 is 0 Å². The van der Waals surface area contributed by atoms with Crippen molar-refractivity contribution >= 4 is 6.16 Å². The van der Waals surface area contributed by atoms with Gasteiger partial charge in [0.05, 0.1) is 6.61 Å². The fourth-order valence-corrected chi connectivity index (χ4v) is 2.57. The van der Waals surface area contributed by atoms with E-state index in [1.54, 1.807) is 0 Å². The van der Waals surface area contributed by atoms with Crippen molar-refractivity contribution in [2.45, 2.75) is 90.9 Å². The molecule has 0 saturated carbocycles. The number of hydrogen-bond donors (Lipinski definition) is 0. The number of carbonyl (C=O) groups is 1. The maximum absolute atomic E-state index is 10.4. The molecule has 0 N–H and O–H groups in total. The molecular weight excluding hydrogens is 252 g/mol. The van der Waals surface area contributed by atoms with Crippen LogP contribution in [0, 0.1) is 5.92 Å². The van der Waals surface area contributed by atoms with Gasteiger partial charge in [0.15, 0.2) is 0 Å². The first kappa shape index (κ1) is 19.3. The van der Waals surface area contributed by atoms with Crippen LogP contribution < -0.4 is 0 Å². The van der Waals surface area contributed by atoms with Gasteiger partial charge >= 0.3 is 6.16 Å². The van der Waals surface area contributed by atoms with Crippen LogP contribution in [0.5, 0.6) is 0 Å². The third-order valence-electron chi connectivity index (χ3n) is 3.87. The van der Waals surface area contributed by atoms with Gasteiger partial charge in [-0.15, -0.1) is 0 Å². The molecule has 0 aliphatic rings. The summed E-state index contributed by atoms with van der Waals surface area (Å²) in [6.07, 6.45) is 13.4. The summed E-state index contributed by atoms with van der Waals surface area (Å²) in [6, 6.07) is 0. The predicted molar refractivity (Wildman–Crippen MR) is 82.3 cm³/mol. The van der Waals surface area contributed by atoms with E-state index < -0.39 is 6.16 Å². The van der Waals surface area contributed by atoms with Gasteiger partial charge < -0.3 is 4.74 Å². The van der Waals surface area contributed by atoms with Gasteiger partial charge in [-0.1, -0.05) is 78.1 Å². The fraction of sp³-hybridized carbons (Fsp3) is 0.941. The second kappa shape index (κ2) is 14.7. The quantitative estimate of drug-likeness (QED) is 0.295. The minimum atomic E-state index is -1.38. The van der Waals surface area contributed by atoms with Crippen molar-refractivity contribution in [1.29, 1.82) is 0 Å². The molecule has 0 spiro atoms. The molecule has 0 rings (SSSR count). The van der Waals surface area contributed by atoms with Gasteiger partial charge in [-0.05, 0) is 18.8 Å². The Hall–Kier alpha value is -0.730. The minimum Gasteiger partial charge on any atom is -0.431 e. The van der Waals surface area contributed by atoms with E-state index in [0.717, 1.165) is 12.8 Å². The minimum absolute atomic E-state index is 0.323. The van der Waals surface area contributed by atoms with Crippen LogP contribution in [0.1, 0.15) is 90.9 Å². The van der Waals surface area contributed by atoms with Crippen LogP contribution in [0.3, 0.4) is 0 Å². The first-order valence-electron chi connectivity index (χ1n) is 8.54. The largest absolute Gasteiger partial charge is 0.550 e. The molecule has 3 heteroatoms. The smallest absolute Gasteiger partial charge is 0.431 e. The highest BCUT2D eigenvalue weighted by molar-refractivity contribution is 5.56. The highest BCUT2D eigenvalue weighted by atomic mass is 16.7. The molecular formula is C17H33O3. The van der Waals surface area contributed by atoms with E-state index in [0.29, 0.717) is 12.5 Å². The summed E-state index contributed by atoms with van der Waals surface area (Å²) in [5.74, 6) is 0.385. The average molecular weight is 285 g/mol. The van der Waals surface area contributed by atoms with Crippen LogP contribution in [-0.2, 0) is 9.84 Å². The molecule has 0 aromatic carbocycles. The van der Waals surface area contributed by atoms with E-state index in [-0.39, 0.29) is 0 Å². The average Bonchev–Trinajstić information content (AvgIpc) is 2.43. The molecule has 0 aliphatic heterocycles. The number of unbranched alkanes of at least 4 members (excludes halogenated alkanes) is 8. The van der Waals surface area contributed by atoms with Crippen molar-refractivity contribution in [3.63, 3.8) is 0 Å². The number of carbonyl (C=O) groups excluding carboxylic acids is 1. The third-order valence-corrected chi connectivity index (χ3v) is 3.87. The Morgan fingerprint density at radius 2 is 1.25 bits per heavy atom. The molecule has 0 aliphatic carbocycles. The Bertz CT molecular complexity index is 216. The molecule has 119 valence electrons. The van der Waals surface area contributed by atoms with Crippen LogP contribution in [0.25, 0.3) is 0 Å². The second-order valence-electron chi connectivity index (χ2n) is 5.83. The molecule has 0 fully saturated rings. The summed E-state index contributed by atoms with van der Waals surface area (Å²) in [5, 5.41) is 10.4. The number of rotatable bonds is 14. The van der Waals surface area contributed by atoms with Crippen molar-refractivity contribution < 1.29 is 14.6 Å². The van der Waals surface area contributed by atoms with Crippen LogP contribution in [0.15, 0.2) is 0 Å². The van der Waals surface area contributed by atoms with Crippen molar-refractivity contribution in [2.24, 2.45) is 5.92 Å². The van der Waals surface area contributed by atoms with E-state index in [1.165, 1.54) is 64.2 Å². The molecule has 0 saturated heterocycles. The highest BCUT2D eigenvalue weighted by Crippen LogP contribution is 2.19. The monoisotopic (exact) mass is 285 g/mol. The molecule has 0 aromatic heterocycles. The van der Waals surface area contributed by atoms with Crippen LogP contribution in [0.2, 0.25) is 0 Å². The van der Waals surface area contributed by atoms with E-state index in [2.05, 4.69) is 18.6 Å². The Kier molecular flexibility index (Phi) is 14.1. The topological polar surface area (TPSA) is 46.2 Å². The fourth-order valence-electron chi connectivity index (χ4n) is 2.57. The second-order valence-corrected chi connectivity index (χ2v) is 5.83. The van der Waals surface area contributed by atoms with E-state index in [4.69, 9.17) is 0 Å². The molecule has 1 atom stereocenters. The van der Waals surface area contributed by atoms with Crippen molar-refractivity contribution in [2.75, 3.05) is 6.61 Å². The predicted octanol–water partition coefficient (Wildman–Crippen LogP) is 5.89. The first-order chi connectivity index (χ1) is 9.70. The van der Waals surface area contributed by atoms with Gasteiger partial charge in [0, 0.05) is 0 Å². The zero-order valence-electron chi connectivity index (χ0n) is 13.5. The van der Waals surface area contributed by atoms with Gasteiger partial charge in [0.25, 0.3) is 0 Å². The molecule has 0 amide bonds. The van der Waals surface area contributed by atoms with E-state index in [9.17, 15) is 9.90 Å². The van der Waals surface area contributed by atoms with Crippen LogP contribution in [0.4, 0.5) is 4.79 Å². The normalized spacial score (nSPS) is 12.3. The summed E-state index contributed by atoms with van der Waals surface area (Å²) in [4.78, 5) is 10.4. The number of ether oxygens (including phenoxy) is 1. The molecule has 1 radical (unpaired) electrons. The summed E-state index contributed by atoms with van der Waals surface area (Å²) in [6.45, 7) is 4.75. The zero-order valence-corrected chi connectivity index (χ0v) is 13.5.